The normalized spacial score (nSPS) is 20.8. The molecule has 0 spiro atoms. The van der Waals surface area contributed by atoms with Crippen molar-refractivity contribution in [3.05, 3.63) is 99.6 Å². The number of thiazole rings is 1. The van der Waals surface area contributed by atoms with Crippen LogP contribution >= 0.6 is 22.9 Å². The molecule has 1 saturated heterocycles. The van der Waals surface area contributed by atoms with Gasteiger partial charge in [-0.15, -0.1) is 11.3 Å². The number of aromatic nitrogens is 1. The molecule has 2 heterocycles. The smallest absolute Gasteiger partial charge is 0.251 e. The number of nitrogens with zero attached hydrogens (tertiary/aromatic N) is 3. The van der Waals surface area contributed by atoms with Crippen molar-refractivity contribution in [1.29, 1.82) is 5.26 Å². The van der Waals surface area contributed by atoms with Crippen LogP contribution in [0.1, 0.15) is 120 Å². The van der Waals surface area contributed by atoms with E-state index in [0.717, 1.165) is 36.1 Å². The Hall–Kier alpha value is -5.53. The van der Waals surface area contributed by atoms with Crippen LogP contribution in [0.3, 0.4) is 0 Å². The van der Waals surface area contributed by atoms with Gasteiger partial charge < -0.3 is 40.7 Å². The molecule has 368 valence electrons. The van der Waals surface area contributed by atoms with Crippen LogP contribution in [0.4, 0.5) is 5.69 Å². The molecular formula is C53H66ClN7O7S. The average Bonchev–Trinajstić information content (AvgIpc) is 3.90. The summed E-state index contributed by atoms with van der Waals surface area (Å²) in [4.78, 5) is 61.2. The Morgan fingerprint density at radius 2 is 1.70 bits per heavy atom. The topological polar surface area (TPSA) is 195 Å². The van der Waals surface area contributed by atoms with Gasteiger partial charge in [-0.3, -0.25) is 19.2 Å². The zero-order chi connectivity index (χ0) is 49.7. The number of aliphatic hydroxyl groups excluding tert-OH is 1. The quantitative estimate of drug-likeness (QED) is 0.0539. The molecule has 2 aliphatic carbocycles. The summed E-state index contributed by atoms with van der Waals surface area (Å²) in [6.45, 7) is 15.0. The molecule has 4 amide bonds. The first-order chi connectivity index (χ1) is 32.8. The summed E-state index contributed by atoms with van der Waals surface area (Å²) < 4.78 is 12.1. The third-order valence-corrected chi connectivity index (χ3v) is 14.8. The van der Waals surface area contributed by atoms with Crippen LogP contribution in [0, 0.1) is 27.6 Å². The van der Waals surface area contributed by atoms with E-state index in [1.807, 2.05) is 62.7 Å². The number of likely N-dealkylation sites (tertiary alicyclic amines) is 1. The molecule has 4 aromatic rings. The second kappa shape index (κ2) is 21.6. The van der Waals surface area contributed by atoms with Crippen LogP contribution in [0.15, 0.2) is 72.2 Å². The summed E-state index contributed by atoms with van der Waals surface area (Å²) in [5.41, 5.74) is 5.48. The predicted octanol–water partition coefficient (Wildman–Crippen LogP) is 8.23. The Bertz CT molecular complexity index is 2500. The van der Waals surface area contributed by atoms with Crippen LogP contribution < -0.4 is 26.0 Å². The zero-order valence-corrected chi connectivity index (χ0v) is 42.3. The highest BCUT2D eigenvalue weighted by atomic mass is 35.5. The van der Waals surface area contributed by atoms with Gasteiger partial charge in [0.15, 0.2) is 0 Å². The van der Waals surface area contributed by atoms with Crippen LogP contribution in [0.5, 0.6) is 5.75 Å². The summed E-state index contributed by atoms with van der Waals surface area (Å²) in [7, 11) is 0. The second-order valence-electron chi connectivity index (χ2n) is 20.9. The van der Waals surface area contributed by atoms with Gasteiger partial charge in [-0.05, 0) is 85.0 Å². The third kappa shape index (κ3) is 12.3. The molecular weight excluding hydrogens is 914 g/mol. The summed E-state index contributed by atoms with van der Waals surface area (Å²) in [5, 5.41) is 32.6. The first-order valence-corrected chi connectivity index (χ1v) is 25.2. The van der Waals surface area contributed by atoms with Crippen LogP contribution in [-0.4, -0.2) is 95.3 Å². The minimum absolute atomic E-state index is 0.00397. The number of ether oxygens (including phenoxy) is 2. The number of halogens is 1. The maximum absolute atomic E-state index is 14.0. The van der Waals surface area contributed by atoms with Gasteiger partial charge in [0, 0.05) is 72.8 Å². The van der Waals surface area contributed by atoms with Crippen molar-refractivity contribution in [1.82, 2.24) is 25.8 Å². The Morgan fingerprint density at radius 3 is 2.35 bits per heavy atom. The van der Waals surface area contributed by atoms with Crippen molar-refractivity contribution >= 4 is 52.3 Å². The molecule has 7 rings (SSSR count). The van der Waals surface area contributed by atoms with Crippen LogP contribution in [0.2, 0.25) is 5.02 Å². The number of aliphatic hydroxyl groups is 1. The van der Waals surface area contributed by atoms with E-state index >= 15 is 0 Å². The fourth-order valence-electron chi connectivity index (χ4n) is 9.98. The SMILES string of the molecule is CC(C)(C)C(NC(=O)COCCCCCNc1ccc(C(=O)N[C@H]2C(C)(C)[C@H](Oc3ccc(C#N)c(Cl)c3)C2(C)C)cc1)C(=O)N1C[C@H](O)C[C@H]1C(=O)NCc1ccc(-c2scnc2C2CC2)cc1. The summed E-state index contributed by atoms with van der Waals surface area (Å²) in [5.74, 6) is -0.238. The monoisotopic (exact) mass is 979 g/mol. The molecule has 3 fully saturated rings. The van der Waals surface area contributed by atoms with Gasteiger partial charge in [-0.1, -0.05) is 84.3 Å². The third-order valence-electron chi connectivity index (χ3n) is 13.6. The lowest BCUT2D eigenvalue weighted by Crippen LogP contribution is -2.74. The van der Waals surface area contributed by atoms with Crippen molar-refractivity contribution in [3.63, 3.8) is 0 Å². The van der Waals surface area contributed by atoms with E-state index in [1.54, 1.807) is 41.7 Å². The Kier molecular flexibility index (Phi) is 16.1. The minimum atomic E-state index is -0.943. The molecule has 5 N–H and O–H groups in total. The molecule has 0 radical (unpaired) electrons. The number of carbonyl (C=O) groups excluding carboxylic acids is 4. The molecule has 1 unspecified atom stereocenters. The Morgan fingerprint density at radius 1 is 0.986 bits per heavy atom. The molecule has 0 bridgehead atoms. The molecule has 1 aromatic heterocycles. The van der Waals surface area contributed by atoms with E-state index in [4.69, 9.17) is 21.1 Å². The molecule has 2 saturated carbocycles. The maximum Gasteiger partial charge on any atom is 0.251 e. The number of unbranched alkanes of at least 4 members (excludes halogenated alkanes) is 2. The van der Waals surface area contributed by atoms with Gasteiger partial charge in [0.1, 0.15) is 36.6 Å². The number of β-amino-alcohol motifs (C(OH)–C–C–N with tert-alkyl or cyclic N) is 1. The number of benzene rings is 3. The molecule has 1 aliphatic heterocycles. The Balaban J connectivity index is 0.789. The minimum Gasteiger partial charge on any atom is -0.489 e. The number of anilines is 1. The second-order valence-corrected chi connectivity index (χ2v) is 22.2. The lowest BCUT2D eigenvalue weighted by molar-refractivity contribution is -0.164. The van der Waals surface area contributed by atoms with E-state index in [0.29, 0.717) is 41.0 Å². The number of amides is 4. The first kappa shape index (κ1) is 51.3. The highest BCUT2D eigenvalue weighted by Crippen LogP contribution is 2.55. The highest BCUT2D eigenvalue weighted by molar-refractivity contribution is 7.13. The van der Waals surface area contributed by atoms with E-state index in [2.05, 4.69) is 60.0 Å². The molecule has 14 nitrogen and oxygen atoms in total. The van der Waals surface area contributed by atoms with Gasteiger partial charge in [0.05, 0.1) is 32.8 Å². The van der Waals surface area contributed by atoms with Gasteiger partial charge in [-0.2, -0.15) is 5.26 Å². The van der Waals surface area contributed by atoms with Crippen molar-refractivity contribution < 1.29 is 33.8 Å². The fourth-order valence-corrected chi connectivity index (χ4v) is 11.1. The molecule has 3 aliphatic rings. The predicted molar refractivity (Wildman–Crippen MR) is 268 cm³/mol. The van der Waals surface area contributed by atoms with Crippen molar-refractivity contribution in [2.75, 3.05) is 31.6 Å². The van der Waals surface area contributed by atoms with Crippen LogP contribution in [-0.2, 0) is 25.7 Å². The van der Waals surface area contributed by atoms with Crippen molar-refractivity contribution in [2.45, 2.75) is 130 Å². The van der Waals surface area contributed by atoms with Gasteiger partial charge in [-0.25, -0.2) is 4.98 Å². The fraction of sp³-hybridized carbons (Fsp3) is 0.509. The molecule has 69 heavy (non-hydrogen) atoms. The molecule has 3 aromatic carbocycles. The highest BCUT2D eigenvalue weighted by Gasteiger charge is 2.64. The van der Waals surface area contributed by atoms with Crippen molar-refractivity contribution in [2.24, 2.45) is 16.2 Å². The number of nitriles is 1. The maximum atomic E-state index is 14.0. The summed E-state index contributed by atoms with van der Waals surface area (Å²) in [6, 6.07) is 20.6. The lowest BCUT2D eigenvalue weighted by Gasteiger charge is -2.63. The van der Waals surface area contributed by atoms with Crippen molar-refractivity contribution in [3.8, 4) is 22.3 Å². The summed E-state index contributed by atoms with van der Waals surface area (Å²) >= 11 is 7.88. The van der Waals surface area contributed by atoms with Gasteiger partial charge in [0.2, 0.25) is 17.7 Å². The lowest BCUT2D eigenvalue weighted by atomic mass is 9.49. The Labute approximate surface area is 414 Å². The number of nitrogens with one attached hydrogen (secondary N) is 4. The molecule has 16 heteroatoms. The van der Waals surface area contributed by atoms with E-state index in [-0.39, 0.29) is 60.9 Å². The number of hydrogen-bond acceptors (Lipinski definition) is 11. The summed E-state index contributed by atoms with van der Waals surface area (Å²) in [6.07, 6.45) is 3.85. The van der Waals surface area contributed by atoms with Gasteiger partial charge >= 0.3 is 0 Å². The van der Waals surface area contributed by atoms with Crippen LogP contribution in [0.25, 0.3) is 10.4 Å². The zero-order valence-electron chi connectivity index (χ0n) is 40.7. The standard InChI is InChI=1S/C53H66ClN7O7S/c1-51(2,3)45(48(66)61-29-38(62)25-41(61)47(65)57-28-32-11-13-34(14-12-32)44-43(33-15-16-33)58-31-69-44)59-42(63)30-67-24-10-8-9-23-56-37-20-17-35(18-21-37)46(64)60-49-52(4,5)50(53(49,6)7)68-39-22-19-36(27-55)40(54)26-39/h11-14,17-22,26,31,33,38,41,45,49-50,56,62H,8-10,15-16,23-25,28-30H2,1-7H3,(H,57,65)(H,59,63)(H,60,64)/t38-,41+,45?,49-,50-/m1/s1. The number of carbonyl (C=O) groups is 4. The van der Waals surface area contributed by atoms with E-state index in [1.165, 1.54) is 28.3 Å². The molecule has 3 atom stereocenters. The van der Waals surface area contributed by atoms with Gasteiger partial charge in [0.25, 0.3) is 5.91 Å². The van der Waals surface area contributed by atoms with E-state index in [9.17, 15) is 29.5 Å². The number of rotatable bonds is 20. The van der Waals surface area contributed by atoms with E-state index < -0.39 is 35.4 Å². The first-order valence-electron chi connectivity index (χ1n) is 23.9. The number of hydrogen-bond donors (Lipinski definition) is 5. The largest absolute Gasteiger partial charge is 0.489 e. The average molecular weight is 981 g/mol.